The van der Waals surface area contributed by atoms with Crippen LogP contribution in [0.5, 0.6) is 0 Å². The van der Waals surface area contributed by atoms with Crippen molar-refractivity contribution >= 4 is 51.4 Å². The maximum atomic E-state index is 13.7. The van der Waals surface area contributed by atoms with Crippen LogP contribution < -0.4 is 10.6 Å². The lowest BCUT2D eigenvalue weighted by Gasteiger charge is -2.18. The summed E-state index contributed by atoms with van der Waals surface area (Å²) in [5.41, 5.74) is 0.979. The molecular weight excluding hydrogens is 516 g/mol. The first-order valence-corrected chi connectivity index (χ1v) is 10.6. The Morgan fingerprint density at radius 1 is 1.21 bits per heavy atom. The van der Waals surface area contributed by atoms with Crippen LogP contribution in [0.25, 0.3) is 0 Å². The topological polar surface area (TPSA) is 70.6 Å². The van der Waals surface area contributed by atoms with Gasteiger partial charge >= 0.3 is 0 Å². The molecule has 0 spiro atoms. The zero-order valence-corrected chi connectivity index (χ0v) is 19.6. The molecule has 0 aliphatic rings. The second-order valence-electron chi connectivity index (χ2n) is 5.93. The van der Waals surface area contributed by atoms with Crippen LogP contribution in [-0.2, 0) is 9.84 Å². The van der Waals surface area contributed by atoms with Gasteiger partial charge in [0.1, 0.15) is 10.7 Å². The molecule has 2 aromatic carbocycles. The van der Waals surface area contributed by atoms with E-state index in [1.807, 2.05) is 32.0 Å². The standard InChI is InChI=1S/C19H23ClFN3O2S.HI/c1-3-22-19(24-14(2)15-7-6-8-16(20)13-15)23-11-12-27(25,26)18-10-5-4-9-17(18)21;/h4-10,13-14H,3,11-12H2,1-2H3,(H2,22,23,24);1H. The molecule has 9 heteroatoms. The van der Waals surface area contributed by atoms with Gasteiger partial charge in [0.2, 0.25) is 0 Å². The first-order chi connectivity index (χ1) is 12.8. The van der Waals surface area contributed by atoms with Gasteiger partial charge in [-0.3, -0.25) is 4.99 Å². The maximum Gasteiger partial charge on any atom is 0.191 e. The van der Waals surface area contributed by atoms with Crippen LogP contribution >= 0.6 is 35.6 Å². The largest absolute Gasteiger partial charge is 0.357 e. The molecule has 1 unspecified atom stereocenters. The Morgan fingerprint density at radius 3 is 2.57 bits per heavy atom. The number of hydrogen-bond acceptors (Lipinski definition) is 3. The third-order valence-corrected chi connectivity index (χ3v) is 5.80. The third-order valence-electron chi connectivity index (χ3n) is 3.85. The van der Waals surface area contributed by atoms with Gasteiger partial charge in [0.05, 0.1) is 18.3 Å². The molecule has 2 N–H and O–H groups in total. The summed E-state index contributed by atoms with van der Waals surface area (Å²) in [6.07, 6.45) is 0. The van der Waals surface area contributed by atoms with Crippen molar-refractivity contribution in [3.05, 3.63) is 64.9 Å². The molecule has 0 aromatic heterocycles. The van der Waals surface area contributed by atoms with Gasteiger partial charge in [-0.2, -0.15) is 0 Å². The second kappa shape index (κ2) is 11.6. The van der Waals surface area contributed by atoms with Crippen LogP contribution in [0, 0.1) is 5.82 Å². The number of nitrogens with zero attached hydrogens (tertiary/aromatic N) is 1. The minimum Gasteiger partial charge on any atom is -0.357 e. The Balaban J connectivity index is 0.00000392. The minimum absolute atomic E-state index is 0. The summed E-state index contributed by atoms with van der Waals surface area (Å²) in [4.78, 5) is 4.00. The summed E-state index contributed by atoms with van der Waals surface area (Å²) in [7, 11) is -3.74. The lowest BCUT2D eigenvalue weighted by Crippen LogP contribution is -2.39. The van der Waals surface area contributed by atoms with Crippen LogP contribution in [0.15, 0.2) is 58.4 Å². The van der Waals surface area contributed by atoms with Crippen molar-refractivity contribution in [3.63, 3.8) is 0 Å². The van der Waals surface area contributed by atoms with E-state index in [1.54, 1.807) is 6.07 Å². The SMILES string of the molecule is CCNC(=NCCS(=O)(=O)c1ccccc1F)NC(C)c1cccc(Cl)c1.I. The summed E-state index contributed by atoms with van der Waals surface area (Å²) in [5, 5.41) is 6.92. The molecule has 2 rings (SSSR count). The first-order valence-electron chi connectivity index (χ1n) is 8.61. The predicted molar refractivity (Wildman–Crippen MR) is 123 cm³/mol. The zero-order valence-electron chi connectivity index (χ0n) is 15.7. The van der Waals surface area contributed by atoms with Gasteiger partial charge in [0, 0.05) is 11.6 Å². The normalized spacial score (nSPS) is 12.8. The summed E-state index contributed by atoms with van der Waals surface area (Å²) in [6, 6.07) is 12.7. The van der Waals surface area contributed by atoms with E-state index in [-0.39, 0.29) is 47.2 Å². The fraction of sp³-hybridized carbons (Fsp3) is 0.316. The number of rotatable bonds is 7. The summed E-state index contributed by atoms with van der Waals surface area (Å²) in [5.74, 6) is -0.550. The highest BCUT2D eigenvalue weighted by atomic mass is 127. The summed E-state index contributed by atoms with van der Waals surface area (Å²) in [6.45, 7) is 4.49. The molecule has 2 aromatic rings. The van der Waals surface area contributed by atoms with Crippen molar-refractivity contribution < 1.29 is 12.8 Å². The Hall–Kier alpha value is -1.39. The number of sulfone groups is 1. The molecule has 0 saturated carbocycles. The van der Waals surface area contributed by atoms with Crippen molar-refractivity contribution in [1.82, 2.24) is 10.6 Å². The van der Waals surface area contributed by atoms with Crippen LogP contribution in [0.3, 0.4) is 0 Å². The van der Waals surface area contributed by atoms with Crippen LogP contribution in [-0.4, -0.2) is 33.2 Å². The van der Waals surface area contributed by atoms with Gasteiger partial charge < -0.3 is 10.6 Å². The van der Waals surface area contributed by atoms with Crippen molar-refractivity contribution in [2.45, 2.75) is 24.8 Å². The van der Waals surface area contributed by atoms with E-state index < -0.39 is 15.7 Å². The molecule has 0 fully saturated rings. The highest BCUT2D eigenvalue weighted by molar-refractivity contribution is 14.0. The molecule has 0 radical (unpaired) electrons. The Bertz CT molecular complexity index is 910. The number of aliphatic imine (C=N–C) groups is 1. The molecule has 0 aliphatic carbocycles. The van der Waals surface area contributed by atoms with E-state index in [9.17, 15) is 12.8 Å². The van der Waals surface area contributed by atoms with Gasteiger partial charge in [-0.25, -0.2) is 12.8 Å². The Labute approximate surface area is 187 Å². The minimum atomic E-state index is -3.74. The summed E-state index contributed by atoms with van der Waals surface area (Å²) < 4.78 is 38.4. The zero-order chi connectivity index (χ0) is 19.9. The Kier molecular flexibility index (Phi) is 10.2. The van der Waals surface area contributed by atoms with E-state index in [4.69, 9.17) is 11.6 Å². The number of benzene rings is 2. The number of nitrogens with one attached hydrogen (secondary N) is 2. The van der Waals surface area contributed by atoms with Crippen molar-refractivity contribution in [3.8, 4) is 0 Å². The van der Waals surface area contributed by atoms with E-state index >= 15 is 0 Å². The van der Waals surface area contributed by atoms with E-state index in [2.05, 4.69) is 15.6 Å². The van der Waals surface area contributed by atoms with Gasteiger partial charge in [-0.05, 0) is 43.7 Å². The molecular formula is C19H24ClFIN3O2S. The molecule has 154 valence electrons. The molecule has 1 atom stereocenters. The van der Waals surface area contributed by atoms with Crippen molar-refractivity contribution in [2.75, 3.05) is 18.8 Å². The van der Waals surface area contributed by atoms with Gasteiger partial charge in [-0.15, -0.1) is 24.0 Å². The monoisotopic (exact) mass is 539 g/mol. The van der Waals surface area contributed by atoms with Crippen LogP contribution in [0.1, 0.15) is 25.5 Å². The lowest BCUT2D eigenvalue weighted by atomic mass is 10.1. The van der Waals surface area contributed by atoms with E-state index in [1.165, 1.54) is 18.2 Å². The fourth-order valence-corrected chi connectivity index (χ4v) is 3.87. The highest BCUT2D eigenvalue weighted by Gasteiger charge is 2.18. The molecule has 28 heavy (non-hydrogen) atoms. The molecule has 0 bridgehead atoms. The van der Waals surface area contributed by atoms with Gasteiger partial charge in [-0.1, -0.05) is 35.9 Å². The number of hydrogen-bond donors (Lipinski definition) is 2. The fourth-order valence-electron chi connectivity index (χ4n) is 2.47. The molecule has 0 amide bonds. The van der Waals surface area contributed by atoms with Gasteiger partial charge in [0.25, 0.3) is 0 Å². The van der Waals surface area contributed by atoms with E-state index in [0.29, 0.717) is 17.5 Å². The highest BCUT2D eigenvalue weighted by Crippen LogP contribution is 2.17. The van der Waals surface area contributed by atoms with E-state index in [0.717, 1.165) is 11.6 Å². The van der Waals surface area contributed by atoms with Crippen LogP contribution in [0.4, 0.5) is 4.39 Å². The average Bonchev–Trinajstić information content (AvgIpc) is 2.62. The quantitative estimate of drug-likeness (QED) is 0.315. The number of halogens is 3. The molecule has 5 nitrogen and oxygen atoms in total. The first kappa shape index (κ1) is 24.6. The molecule has 0 saturated heterocycles. The average molecular weight is 540 g/mol. The molecule has 0 heterocycles. The summed E-state index contributed by atoms with van der Waals surface area (Å²) >= 11 is 6.02. The molecule has 0 aliphatic heterocycles. The lowest BCUT2D eigenvalue weighted by molar-refractivity contribution is 0.567. The third kappa shape index (κ3) is 7.21. The smallest absolute Gasteiger partial charge is 0.191 e. The Morgan fingerprint density at radius 2 is 1.93 bits per heavy atom. The van der Waals surface area contributed by atoms with Crippen LogP contribution in [0.2, 0.25) is 5.02 Å². The van der Waals surface area contributed by atoms with Gasteiger partial charge in [0.15, 0.2) is 15.8 Å². The number of guanidine groups is 1. The maximum absolute atomic E-state index is 13.7. The van der Waals surface area contributed by atoms with Crippen molar-refractivity contribution in [1.29, 1.82) is 0 Å². The predicted octanol–water partition coefficient (Wildman–Crippen LogP) is 4.19. The second-order valence-corrected chi connectivity index (χ2v) is 8.44. The van der Waals surface area contributed by atoms with Crippen molar-refractivity contribution in [2.24, 2.45) is 4.99 Å².